The molecule has 2 saturated carbocycles. The third kappa shape index (κ3) is 2.59. The lowest BCUT2D eigenvalue weighted by Crippen LogP contribution is -2.38. The molecule has 2 rings (SSSR count). The molecule has 0 aliphatic heterocycles. The number of rotatable bonds is 5. The van der Waals surface area contributed by atoms with Crippen molar-refractivity contribution in [2.24, 2.45) is 29.6 Å². The molecule has 0 aromatic rings. The summed E-state index contributed by atoms with van der Waals surface area (Å²) in [5, 5.41) is 10.2. The van der Waals surface area contributed by atoms with Crippen molar-refractivity contribution in [3.8, 4) is 0 Å². The summed E-state index contributed by atoms with van der Waals surface area (Å²) in [5.74, 6) is 1.82. The van der Waals surface area contributed by atoms with Gasteiger partial charge in [0.05, 0.1) is 0 Å². The minimum absolute atomic E-state index is 0.157. The van der Waals surface area contributed by atoms with E-state index in [4.69, 9.17) is 4.74 Å². The molecule has 3 nitrogen and oxygen atoms in total. The van der Waals surface area contributed by atoms with Gasteiger partial charge in [-0.2, -0.15) is 0 Å². The predicted octanol–water partition coefficient (Wildman–Crippen LogP) is 3.01. The van der Waals surface area contributed by atoms with Gasteiger partial charge in [0.15, 0.2) is 6.29 Å². The molecule has 0 bridgehead atoms. The van der Waals surface area contributed by atoms with Crippen molar-refractivity contribution in [3.63, 3.8) is 0 Å². The number of aliphatic hydroxyl groups excluding tert-OH is 1. The highest BCUT2D eigenvalue weighted by Gasteiger charge is 2.53. The second kappa shape index (κ2) is 6.36. The van der Waals surface area contributed by atoms with Gasteiger partial charge in [0.2, 0.25) is 0 Å². The van der Waals surface area contributed by atoms with Crippen LogP contribution in [0.3, 0.4) is 0 Å². The zero-order valence-electron chi connectivity index (χ0n) is 12.5. The van der Waals surface area contributed by atoms with Gasteiger partial charge in [0.1, 0.15) is 5.78 Å². The van der Waals surface area contributed by atoms with E-state index in [1.54, 1.807) is 0 Å². The van der Waals surface area contributed by atoms with Crippen LogP contribution in [0.15, 0.2) is 0 Å². The van der Waals surface area contributed by atoms with Crippen LogP contribution in [-0.4, -0.2) is 23.8 Å². The Bertz CT molecular complexity index is 315. The summed E-state index contributed by atoms with van der Waals surface area (Å²) in [5.41, 5.74) is 0. The van der Waals surface area contributed by atoms with E-state index in [0.29, 0.717) is 24.2 Å². The van der Waals surface area contributed by atoms with Crippen molar-refractivity contribution in [3.05, 3.63) is 0 Å². The van der Waals surface area contributed by atoms with E-state index >= 15 is 0 Å². The Kier molecular flexibility index (Phi) is 5.02. The van der Waals surface area contributed by atoms with Crippen LogP contribution in [0.4, 0.5) is 0 Å². The summed E-state index contributed by atoms with van der Waals surface area (Å²) in [6.45, 7) is 6.75. The highest BCUT2D eigenvalue weighted by atomic mass is 16.6. The van der Waals surface area contributed by atoms with E-state index in [1.807, 2.05) is 6.92 Å². The summed E-state index contributed by atoms with van der Waals surface area (Å²) in [7, 11) is 0. The minimum atomic E-state index is -0.685. The van der Waals surface area contributed by atoms with Crippen molar-refractivity contribution in [1.29, 1.82) is 0 Å². The van der Waals surface area contributed by atoms with Crippen LogP contribution in [0.25, 0.3) is 0 Å². The Hall–Kier alpha value is -0.410. The zero-order chi connectivity index (χ0) is 14.0. The van der Waals surface area contributed by atoms with Gasteiger partial charge in [-0.25, -0.2) is 0 Å². The van der Waals surface area contributed by atoms with E-state index < -0.39 is 6.29 Å². The highest BCUT2D eigenvalue weighted by molar-refractivity contribution is 5.86. The van der Waals surface area contributed by atoms with Gasteiger partial charge in [-0.3, -0.25) is 4.79 Å². The molecule has 0 heterocycles. The molecule has 1 N–H and O–H groups in total. The van der Waals surface area contributed by atoms with Crippen LogP contribution >= 0.6 is 0 Å². The van der Waals surface area contributed by atoms with Gasteiger partial charge in [0.25, 0.3) is 0 Å². The van der Waals surface area contributed by atoms with Crippen molar-refractivity contribution in [1.82, 2.24) is 0 Å². The summed E-state index contributed by atoms with van der Waals surface area (Å²) < 4.78 is 5.43. The normalized spacial score (nSPS) is 40.2. The number of ether oxygens (including phenoxy) is 1. The van der Waals surface area contributed by atoms with Gasteiger partial charge in [-0.15, -0.1) is 0 Å². The van der Waals surface area contributed by atoms with Crippen LogP contribution in [0.1, 0.15) is 52.9 Å². The molecule has 6 atom stereocenters. The SMILES string of the molecule is CCO[C@@H](O)C1CCCC2C(=O)C(CC)[C@H](CC)C21. The Labute approximate surface area is 116 Å². The van der Waals surface area contributed by atoms with Crippen molar-refractivity contribution in [2.45, 2.75) is 59.2 Å². The van der Waals surface area contributed by atoms with Crippen LogP contribution in [0.5, 0.6) is 0 Å². The molecule has 0 amide bonds. The van der Waals surface area contributed by atoms with E-state index in [-0.39, 0.29) is 17.8 Å². The monoisotopic (exact) mass is 268 g/mol. The first-order valence-electron chi connectivity index (χ1n) is 7.99. The first-order valence-corrected chi connectivity index (χ1v) is 7.99. The quantitative estimate of drug-likeness (QED) is 0.780. The molecule has 2 aliphatic carbocycles. The zero-order valence-corrected chi connectivity index (χ0v) is 12.5. The fourth-order valence-electron chi connectivity index (χ4n) is 4.65. The molecule has 2 fully saturated rings. The Morgan fingerprint density at radius 3 is 2.58 bits per heavy atom. The summed E-state index contributed by atoms with van der Waals surface area (Å²) in [6, 6.07) is 0. The third-order valence-corrected chi connectivity index (χ3v) is 5.37. The number of carbonyl (C=O) groups is 1. The van der Waals surface area contributed by atoms with Crippen molar-refractivity contribution >= 4 is 5.78 Å². The van der Waals surface area contributed by atoms with Crippen molar-refractivity contribution in [2.75, 3.05) is 6.61 Å². The molecule has 110 valence electrons. The summed E-state index contributed by atoms with van der Waals surface area (Å²) >= 11 is 0. The topological polar surface area (TPSA) is 46.5 Å². The number of hydrogen-bond acceptors (Lipinski definition) is 3. The lowest BCUT2D eigenvalue weighted by Gasteiger charge is -2.38. The molecular weight excluding hydrogens is 240 g/mol. The molecule has 0 aromatic heterocycles. The van der Waals surface area contributed by atoms with Gasteiger partial charge in [0, 0.05) is 24.4 Å². The minimum Gasteiger partial charge on any atom is -0.368 e. The Balaban J connectivity index is 2.22. The van der Waals surface area contributed by atoms with Crippen LogP contribution in [0, 0.1) is 29.6 Å². The van der Waals surface area contributed by atoms with Crippen LogP contribution in [-0.2, 0) is 9.53 Å². The second-order valence-corrected chi connectivity index (χ2v) is 6.11. The Morgan fingerprint density at radius 2 is 2.00 bits per heavy atom. The van der Waals surface area contributed by atoms with Gasteiger partial charge in [-0.1, -0.05) is 26.7 Å². The molecule has 0 spiro atoms. The average molecular weight is 268 g/mol. The molecule has 4 unspecified atom stereocenters. The highest BCUT2D eigenvalue weighted by Crippen LogP contribution is 2.52. The number of fused-ring (bicyclic) bond motifs is 1. The molecular formula is C16H28O3. The van der Waals surface area contributed by atoms with E-state index in [0.717, 1.165) is 32.1 Å². The maximum atomic E-state index is 12.5. The molecule has 0 radical (unpaired) electrons. The number of carbonyl (C=O) groups excluding carboxylic acids is 1. The lowest BCUT2D eigenvalue weighted by atomic mass is 9.69. The second-order valence-electron chi connectivity index (χ2n) is 6.11. The molecule has 2 aliphatic rings. The third-order valence-electron chi connectivity index (χ3n) is 5.37. The van der Waals surface area contributed by atoms with E-state index in [2.05, 4.69) is 13.8 Å². The molecule has 0 aromatic carbocycles. The standard InChI is InChI=1S/C16H28O3/c1-4-10-11(5-2)15(17)12-8-7-9-13(14(10)12)16(18)19-6-3/h10-14,16,18H,4-9H2,1-3H3/t10-,11?,12?,13?,14?,16+/m0/s1. The number of aliphatic hydroxyl groups is 1. The molecule has 19 heavy (non-hydrogen) atoms. The average Bonchev–Trinajstić information content (AvgIpc) is 2.71. The maximum Gasteiger partial charge on any atom is 0.157 e. The fraction of sp³-hybridized carbons (Fsp3) is 0.938. The smallest absolute Gasteiger partial charge is 0.157 e. The Morgan fingerprint density at radius 1 is 1.26 bits per heavy atom. The predicted molar refractivity (Wildman–Crippen MR) is 74.5 cm³/mol. The molecule has 0 saturated heterocycles. The van der Waals surface area contributed by atoms with Gasteiger partial charge in [-0.05, 0) is 38.0 Å². The largest absolute Gasteiger partial charge is 0.368 e. The first kappa shape index (κ1) is 15.0. The van der Waals surface area contributed by atoms with Crippen LogP contribution in [0.2, 0.25) is 0 Å². The fourth-order valence-corrected chi connectivity index (χ4v) is 4.65. The molecule has 3 heteroatoms. The van der Waals surface area contributed by atoms with E-state index in [9.17, 15) is 9.90 Å². The van der Waals surface area contributed by atoms with E-state index in [1.165, 1.54) is 0 Å². The maximum absolute atomic E-state index is 12.5. The number of hydrogen-bond donors (Lipinski definition) is 1. The number of Topliss-reactive ketones (excluding diaryl/α,β-unsaturated/α-hetero) is 1. The van der Waals surface area contributed by atoms with Crippen molar-refractivity contribution < 1.29 is 14.6 Å². The van der Waals surface area contributed by atoms with Crippen LogP contribution < -0.4 is 0 Å². The van der Waals surface area contributed by atoms with Gasteiger partial charge < -0.3 is 9.84 Å². The van der Waals surface area contributed by atoms with Gasteiger partial charge >= 0.3 is 0 Å². The summed E-state index contributed by atoms with van der Waals surface area (Å²) in [6.07, 6.45) is 4.38. The summed E-state index contributed by atoms with van der Waals surface area (Å²) in [4.78, 5) is 12.5. The number of ketones is 1. The lowest BCUT2D eigenvalue weighted by molar-refractivity contribution is -0.160. The first-order chi connectivity index (χ1) is 9.15.